The molecule has 0 amide bonds. The first-order chi connectivity index (χ1) is 7.61. The molecule has 0 aliphatic rings. The maximum Gasteiger partial charge on any atom is 0.326 e. The number of ether oxygens (including phenoxy) is 1. The van der Waals surface area contributed by atoms with Crippen molar-refractivity contribution in [2.45, 2.75) is 19.4 Å². The fourth-order valence-electron chi connectivity index (χ4n) is 1.70. The molecular formula is C12H17NO3. The second-order valence-corrected chi connectivity index (χ2v) is 3.55. The molecule has 0 bridgehead atoms. The van der Waals surface area contributed by atoms with Crippen molar-refractivity contribution in [1.82, 2.24) is 0 Å². The van der Waals surface area contributed by atoms with E-state index in [2.05, 4.69) is 0 Å². The lowest BCUT2D eigenvalue weighted by Crippen LogP contribution is -2.38. The van der Waals surface area contributed by atoms with Gasteiger partial charge in [-0.15, -0.1) is 0 Å². The molecule has 0 saturated carbocycles. The van der Waals surface area contributed by atoms with Crippen molar-refractivity contribution in [2.75, 3.05) is 19.1 Å². The van der Waals surface area contributed by atoms with Crippen molar-refractivity contribution in [1.29, 1.82) is 0 Å². The molecule has 4 nitrogen and oxygen atoms in total. The molecule has 1 atom stereocenters. The highest BCUT2D eigenvalue weighted by Gasteiger charge is 2.22. The largest absolute Gasteiger partial charge is 0.495 e. The van der Waals surface area contributed by atoms with Crippen LogP contribution >= 0.6 is 0 Å². The summed E-state index contributed by atoms with van der Waals surface area (Å²) in [5.41, 5.74) is 0.791. The summed E-state index contributed by atoms with van der Waals surface area (Å²) in [6, 6.07) is 6.86. The van der Waals surface area contributed by atoms with Crippen LogP contribution in [0.25, 0.3) is 0 Å². The van der Waals surface area contributed by atoms with Crippen LogP contribution < -0.4 is 9.64 Å². The minimum atomic E-state index is -0.823. The minimum Gasteiger partial charge on any atom is -0.495 e. The number of hydrogen-bond donors (Lipinski definition) is 1. The molecule has 0 saturated heterocycles. The van der Waals surface area contributed by atoms with Gasteiger partial charge < -0.3 is 14.7 Å². The molecule has 0 heterocycles. The number of carboxylic acids is 1. The van der Waals surface area contributed by atoms with Crippen molar-refractivity contribution in [3.05, 3.63) is 24.3 Å². The lowest BCUT2D eigenvalue weighted by molar-refractivity contribution is -0.138. The standard InChI is InChI=1S/C12H17NO3/c1-4-9(12(14)15)13(2)10-7-5-6-8-11(10)16-3/h5-9H,4H2,1-3H3,(H,14,15)/t9-/m1/s1. The minimum absolute atomic E-state index is 0.531. The Hall–Kier alpha value is -1.71. The van der Waals surface area contributed by atoms with Crippen LogP contribution in [-0.4, -0.2) is 31.3 Å². The van der Waals surface area contributed by atoms with Gasteiger partial charge in [-0.25, -0.2) is 4.79 Å². The molecule has 1 N–H and O–H groups in total. The van der Waals surface area contributed by atoms with Crippen molar-refractivity contribution in [2.24, 2.45) is 0 Å². The maximum absolute atomic E-state index is 11.1. The topological polar surface area (TPSA) is 49.8 Å². The lowest BCUT2D eigenvalue weighted by atomic mass is 10.1. The number of carbonyl (C=O) groups is 1. The van der Waals surface area contributed by atoms with Gasteiger partial charge in [0.1, 0.15) is 11.8 Å². The van der Waals surface area contributed by atoms with E-state index in [0.29, 0.717) is 12.2 Å². The lowest BCUT2D eigenvalue weighted by Gasteiger charge is -2.27. The second kappa shape index (κ2) is 5.39. The third kappa shape index (κ3) is 2.45. The Morgan fingerprint density at radius 3 is 2.62 bits per heavy atom. The van der Waals surface area contributed by atoms with Gasteiger partial charge in [0.2, 0.25) is 0 Å². The number of likely N-dealkylation sites (N-methyl/N-ethyl adjacent to an activating group) is 1. The first-order valence-electron chi connectivity index (χ1n) is 5.20. The smallest absolute Gasteiger partial charge is 0.326 e. The molecule has 0 aromatic heterocycles. The molecular weight excluding hydrogens is 206 g/mol. The molecule has 88 valence electrons. The highest BCUT2D eigenvalue weighted by Crippen LogP contribution is 2.28. The summed E-state index contributed by atoms with van der Waals surface area (Å²) in [5, 5.41) is 9.09. The summed E-state index contributed by atoms with van der Waals surface area (Å²) in [6.45, 7) is 1.85. The monoisotopic (exact) mass is 223 g/mol. The van der Waals surface area contributed by atoms with Gasteiger partial charge in [0.05, 0.1) is 12.8 Å². The van der Waals surface area contributed by atoms with E-state index >= 15 is 0 Å². The van der Waals surface area contributed by atoms with E-state index in [0.717, 1.165) is 5.69 Å². The fourth-order valence-corrected chi connectivity index (χ4v) is 1.70. The number of rotatable bonds is 5. The van der Waals surface area contributed by atoms with Crippen molar-refractivity contribution in [3.8, 4) is 5.75 Å². The normalized spacial score (nSPS) is 11.9. The van der Waals surface area contributed by atoms with E-state index in [1.165, 1.54) is 0 Å². The van der Waals surface area contributed by atoms with Gasteiger partial charge in [-0.3, -0.25) is 0 Å². The van der Waals surface area contributed by atoms with E-state index < -0.39 is 12.0 Å². The Morgan fingerprint density at radius 2 is 2.12 bits per heavy atom. The summed E-state index contributed by atoms with van der Waals surface area (Å²) < 4.78 is 5.21. The van der Waals surface area contributed by atoms with E-state index in [4.69, 9.17) is 9.84 Å². The Labute approximate surface area is 95.5 Å². The second-order valence-electron chi connectivity index (χ2n) is 3.55. The molecule has 0 unspecified atom stereocenters. The summed E-state index contributed by atoms with van der Waals surface area (Å²) in [5.74, 6) is -0.138. The Kier molecular flexibility index (Phi) is 4.17. The summed E-state index contributed by atoms with van der Waals surface area (Å²) in [7, 11) is 3.34. The SMILES string of the molecule is CC[C@H](C(=O)O)N(C)c1ccccc1OC. The fraction of sp³-hybridized carbons (Fsp3) is 0.417. The third-order valence-electron chi connectivity index (χ3n) is 2.60. The highest BCUT2D eigenvalue weighted by atomic mass is 16.5. The van der Waals surface area contributed by atoms with Gasteiger partial charge in [0.15, 0.2) is 0 Å². The Balaban J connectivity index is 3.02. The number of hydrogen-bond acceptors (Lipinski definition) is 3. The molecule has 4 heteroatoms. The number of aliphatic carboxylic acids is 1. The van der Waals surface area contributed by atoms with Gasteiger partial charge in [0, 0.05) is 7.05 Å². The average molecular weight is 223 g/mol. The zero-order chi connectivity index (χ0) is 12.1. The number of benzene rings is 1. The maximum atomic E-state index is 11.1. The molecule has 0 aliphatic carbocycles. The molecule has 1 aromatic rings. The predicted octanol–water partition coefficient (Wildman–Crippen LogP) is 1.99. The van der Waals surface area contributed by atoms with Crippen LogP contribution in [0.15, 0.2) is 24.3 Å². The van der Waals surface area contributed by atoms with Crippen LogP contribution in [0.5, 0.6) is 5.75 Å². The average Bonchev–Trinajstić information content (AvgIpc) is 2.29. The highest BCUT2D eigenvalue weighted by molar-refractivity contribution is 5.79. The third-order valence-corrected chi connectivity index (χ3v) is 2.60. The quantitative estimate of drug-likeness (QED) is 0.829. The van der Waals surface area contributed by atoms with Gasteiger partial charge in [-0.05, 0) is 18.6 Å². The number of nitrogens with zero attached hydrogens (tertiary/aromatic N) is 1. The first-order valence-corrected chi connectivity index (χ1v) is 5.20. The predicted molar refractivity (Wildman–Crippen MR) is 63.1 cm³/mol. The first kappa shape index (κ1) is 12.4. The molecule has 1 rings (SSSR count). The van der Waals surface area contributed by atoms with Gasteiger partial charge in [0.25, 0.3) is 0 Å². The van der Waals surface area contributed by atoms with Crippen LogP contribution in [0.2, 0.25) is 0 Å². The molecule has 0 radical (unpaired) electrons. The Bertz CT molecular complexity index is 365. The summed E-state index contributed by atoms with van der Waals surface area (Å²) in [4.78, 5) is 12.8. The number of anilines is 1. The molecule has 1 aromatic carbocycles. The van der Waals surface area contributed by atoms with E-state index in [1.54, 1.807) is 19.1 Å². The number of methoxy groups -OCH3 is 1. The van der Waals surface area contributed by atoms with Crippen LogP contribution in [0.3, 0.4) is 0 Å². The van der Waals surface area contributed by atoms with Gasteiger partial charge >= 0.3 is 5.97 Å². The number of para-hydroxylation sites is 2. The van der Waals surface area contributed by atoms with E-state index in [9.17, 15) is 4.79 Å². The van der Waals surface area contributed by atoms with Gasteiger partial charge in [-0.2, -0.15) is 0 Å². The molecule has 0 fully saturated rings. The van der Waals surface area contributed by atoms with Gasteiger partial charge in [-0.1, -0.05) is 19.1 Å². The summed E-state index contributed by atoms with van der Waals surface area (Å²) in [6.07, 6.45) is 0.546. The summed E-state index contributed by atoms with van der Waals surface area (Å²) >= 11 is 0. The van der Waals surface area contributed by atoms with Crippen LogP contribution in [0.1, 0.15) is 13.3 Å². The molecule has 16 heavy (non-hydrogen) atoms. The van der Waals surface area contributed by atoms with Crippen LogP contribution in [-0.2, 0) is 4.79 Å². The Morgan fingerprint density at radius 1 is 1.50 bits per heavy atom. The molecule has 0 aliphatic heterocycles. The van der Waals surface area contributed by atoms with Crippen molar-refractivity contribution >= 4 is 11.7 Å². The van der Waals surface area contributed by atoms with Crippen LogP contribution in [0.4, 0.5) is 5.69 Å². The van der Waals surface area contributed by atoms with Crippen LogP contribution in [0, 0.1) is 0 Å². The zero-order valence-electron chi connectivity index (χ0n) is 9.80. The van der Waals surface area contributed by atoms with E-state index in [1.807, 2.05) is 31.2 Å². The zero-order valence-corrected chi connectivity index (χ0v) is 9.80. The number of carboxylic acid groups (broad SMARTS) is 1. The van der Waals surface area contributed by atoms with E-state index in [-0.39, 0.29) is 0 Å². The van der Waals surface area contributed by atoms with Crippen molar-refractivity contribution in [3.63, 3.8) is 0 Å². The molecule has 0 spiro atoms. The van der Waals surface area contributed by atoms with Crippen molar-refractivity contribution < 1.29 is 14.6 Å².